The Labute approximate surface area is 138 Å². The summed E-state index contributed by atoms with van der Waals surface area (Å²) in [5, 5.41) is 5.21. The number of aromatic nitrogens is 1. The molecule has 0 saturated carbocycles. The fourth-order valence-electron chi connectivity index (χ4n) is 2.32. The van der Waals surface area contributed by atoms with Crippen LogP contribution in [0.2, 0.25) is 0 Å². The highest BCUT2D eigenvalue weighted by molar-refractivity contribution is 7.11. The number of anilines is 1. The molecule has 0 aliphatic carbocycles. The Kier molecular flexibility index (Phi) is 4.57. The van der Waals surface area contributed by atoms with E-state index in [1.807, 2.05) is 17.5 Å². The molecule has 0 spiro atoms. The van der Waals surface area contributed by atoms with E-state index in [2.05, 4.69) is 10.3 Å². The molecule has 1 aliphatic heterocycles. The first-order valence-corrected chi connectivity index (χ1v) is 8.18. The number of nitrogens with one attached hydrogen (secondary N) is 1. The zero-order chi connectivity index (χ0) is 16.2. The Bertz CT molecular complexity index is 679. The minimum atomic E-state index is -0.110. The van der Waals surface area contributed by atoms with Crippen molar-refractivity contribution in [3.8, 4) is 5.19 Å². The maximum Gasteiger partial charge on any atom is 0.273 e. The molecule has 2 amide bonds. The molecule has 1 aromatic carbocycles. The van der Waals surface area contributed by atoms with E-state index in [0.29, 0.717) is 24.7 Å². The lowest BCUT2D eigenvalue weighted by Crippen LogP contribution is -2.56. The molecule has 2 aromatic rings. The van der Waals surface area contributed by atoms with Crippen molar-refractivity contribution in [1.82, 2.24) is 9.88 Å². The van der Waals surface area contributed by atoms with Crippen LogP contribution in [0.5, 0.6) is 5.19 Å². The van der Waals surface area contributed by atoms with E-state index >= 15 is 0 Å². The van der Waals surface area contributed by atoms with Crippen LogP contribution in [0.1, 0.15) is 12.5 Å². The van der Waals surface area contributed by atoms with Crippen molar-refractivity contribution >= 4 is 28.8 Å². The van der Waals surface area contributed by atoms with Gasteiger partial charge in [0.15, 0.2) is 0 Å². The molecular weight excluding hydrogens is 314 g/mol. The van der Waals surface area contributed by atoms with Crippen LogP contribution in [0.15, 0.2) is 35.8 Å². The molecule has 1 fully saturated rings. The number of ether oxygens (including phenoxy) is 1. The van der Waals surface area contributed by atoms with Crippen LogP contribution in [0.25, 0.3) is 0 Å². The summed E-state index contributed by atoms with van der Waals surface area (Å²) in [5.74, 6) is -0.0306. The summed E-state index contributed by atoms with van der Waals surface area (Å²) < 4.78 is 5.65. The maximum atomic E-state index is 12.2. The summed E-state index contributed by atoms with van der Waals surface area (Å²) in [5.41, 5.74) is 1.66. The second-order valence-electron chi connectivity index (χ2n) is 5.39. The molecule has 1 aromatic heterocycles. The maximum absolute atomic E-state index is 12.2. The lowest BCUT2D eigenvalue weighted by Gasteiger charge is -2.38. The fraction of sp³-hybridized carbons (Fsp3) is 0.312. The van der Waals surface area contributed by atoms with Gasteiger partial charge in [-0.3, -0.25) is 9.59 Å². The van der Waals surface area contributed by atoms with Gasteiger partial charge in [-0.05, 0) is 17.7 Å². The highest BCUT2D eigenvalue weighted by Crippen LogP contribution is 2.21. The number of hydrogen-bond donors (Lipinski definition) is 1. The predicted molar refractivity (Wildman–Crippen MR) is 87.6 cm³/mol. The van der Waals surface area contributed by atoms with Crippen LogP contribution in [-0.4, -0.2) is 40.9 Å². The smallest absolute Gasteiger partial charge is 0.273 e. The van der Waals surface area contributed by atoms with Gasteiger partial charge in [-0.2, -0.15) is 0 Å². The Balaban J connectivity index is 1.46. The van der Waals surface area contributed by atoms with E-state index in [-0.39, 0.29) is 17.9 Å². The quantitative estimate of drug-likeness (QED) is 0.909. The topological polar surface area (TPSA) is 71.5 Å². The third kappa shape index (κ3) is 4.07. The average Bonchev–Trinajstić information content (AvgIpc) is 2.97. The molecule has 0 bridgehead atoms. The van der Waals surface area contributed by atoms with Crippen molar-refractivity contribution in [3.63, 3.8) is 0 Å². The van der Waals surface area contributed by atoms with Gasteiger partial charge in [-0.1, -0.05) is 23.5 Å². The molecule has 23 heavy (non-hydrogen) atoms. The number of carbonyl (C=O) groups excluding carboxylic acids is 2. The first-order valence-electron chi connectivity index (χ1n) is 7.30. The largest absolute Gasteiger partial charge is 0.463 e. The van der Waals surface area contributed by atoms with Crippen molar-refractivity contribution in [2.24, 2.45) is 0 Å². The summed E-state index contributed by atoms with van der Waals surface area (Å²) in [7, 11) is 0. The standard InChI is InChI=1S/C16H17N3O3S/c1-11(20)18-13-4-2-12(3-5-13)8-15(21)19-9-14(10-19)22-16-17-6-7-23-16/h2-7,14H,8-10H2,1H3,(H,18,20). The van der Waals surface area contributed by atoms with E-state index in [1.165, 1.54) is 18.3 Å². The molecule has 6 nitrogen and oxygen atoms in total. The normalized spacial score (nSPS) is 14.2. The van der Waals surface area contributed by atoms with Gasteiger partial charge in [-0.25, -0.2) is 4.98 Å². The molecule has 2 heterocycles. The second-order valence-corrected chi connectivity index (χ2v) is 6.25. The Morgan fingerprint density at radius 2 is 2.09 bits per heavy atom. The molecule has 1 saturated heterocycles. The van der Waals surface area contributed by atoms with E-state index in [9.17, 15) is 9.59 Å². The van der Waals surface area contributed by atoms with Crippen LogP contribution in [0, 0.1) is 0 Å². The van der Waals surface area contributed by atoms with Crippen LogP contribution < -0.4 is 10.1 Å². The third-order valence-corrected chi connectivity index (χ3v) is 4.17. The molecule has 7 heteroatoms. The fourth-order valence-corrected chi connectivity index (χ4v) is 2.87. The SMILES string of the molecule is CC(=O)Nc1ccc(CC(=O)N2CC(Oc3nccs3)C2)cc1. The summed E-state index contributed by atoms with van der Waals surface area (Å²) in [6, 6.07) is 7.31. The first kappa shape index (κ1) is 15.5. The van der Waals surface area contributed by atoms with Crippen molar-refractivity contribution in [2.75, 3.05) is 18.4 Å². The van der Waals surface area contributed by atoms with Gasteiger partial charge in [0.25, 0.3) is 5.19 Å². The van der Waals surface area contributed by atoms with Gasteiger partial charge in [0.2, 0.25) is 11.8 Å². The van der Waals surface area contributed by atoms with E-state index < -0.39 is 0 Å². The molecule has 1 N–H and O–H groups in total. The Morgan fingerprint density at radius 3 is 2.70 bits per heavy atom. The zero-order valence-corrected chi connectivity index (χ0v) is 13.5. The predicted octanol–water partition coefficient (Wildman–Crippen LogP) is 1.93. The molecule has 3 rings (SSSR count). The molecule has 0 atom stereocenters. The number of amides is 2. The van der Waals surface area contributed by atoms with Gasteiger partial charge in [0.05, 0.1) is 19.5 Å². The highest BCUT2D eigenvalue weighted by atomic mass is 32.1. The van der Waals surface area contributed by atoms with Crippen LogP contribution in [0.3, 0.4) is 0 Å². The van der Waals surface area contributed by atoms with Gasteiger partial charge in [0.1, 0.15) is 6.10 Å². The van der Waals surface area contributed by atoms with E-state index in [4.69, 9.17) is 4.74 Å². The number of nitrogens with zero attached hydrogens (tertiary/aromatic N) is 2. The Morgan fingerprint density at radius 1 is 1.35 bits per heavy atom. The van der Waals surface area contributed by atoms with Gasteiger partial charge < -0.3 is 15.0 Å². The van der Waals surface area contributed by atoms with Crippen molar-refractivity contribution in [1.29, 1.82) is 0 Å². The molecule has 0 radical (unpaired) electrons. The number of hydrogen-bond acceptors (Lipinski definition) is 5. The van der Waals surface area contributed by atoms with Crippen LogP contribution >= 0.6 is 11.3 Å². The van der Waals surface area contributed by atoms with Gasteiger partial charge >= 0.3 is 0 Å². The molecule has 120 valence electrons. The van der Waals surface area contributed by atoms with Crippen molar-refractivity contribution in [3.05, 3.63) is 41.4 Å². The minimum absolute atomic E-state index is 0.0345. The number of benzene rings is 1. The Hall–Kier alpha value is -2.41. The van der Waals surface area contributed by atoms with Crippen molar-refractivity contribution in [2.45, 2.75) is 19.4 Å². The monoisotopic (exact) mass is 331 g/mol. The summed E-state index contributed by atoms with van der Waals surface area (Å²) >= 11 is 1.45. The molecular formula is C16H17N3O3S. The van der Waals surface area contributed by atoms with Crippen LogP contribution in [0.4, 0.5) is 5.69 Å². The van der Waals surface area contributed by atoms with Crippen LogP contribution in [-0.2, 0) is 16.0 Å². The van der Waals surface area contributed by atoms with E-state index in [0.717, 1.165) is 11.3 Å². The summed E-state index contributed by atoms with van der Waals surface area (Å²) in [6.07, 6.45) is 2.09. The number of thiazole rings is 1. The number of likely N-dealkylation sites (tertiary alicyclic amines) is 1. The first-order chi connectivity index (χ1) is 11.1. The minimum Gasteiger partial charge on any atom is -0.463 e. The van der Waals surface area contributed by atoms with Gasteiger partial charge in [0, 0.05) is 24.2 Å². The average molecular weight is 331 g/mol. The zero-order valence-electron chi connectivity index (χ0n) is 12.7. The van der Waals surface area contributed by atoms with Gasteiger partial charge in [-0.15, -0.1) is 0 Å². The lowest BCUT2D eigenvalue weighted by atomic mass is 10.1. The van der Waals surface area contributed by atoms with E-state index in [1.54, 1.807) is 23.2 Å². The third-order valence-electron chi connectivity index (χ3n) is 3.51. The number of rotatable bonds is 5. The highest BCUT2D eigenvalue weighted by Gasteiger charge is 2.32. The molecule has 1 aliphatic rings. The number of carbonyl (C=O) groups is 2. The second kappa shape index (κ2) is 6.78. The lowest BCUT2D eigenvalue weighted by molar-refractivity contribution is -0.139. The summed E-state index contributed by atoms with van der Waals surface area (Å²) in [6.45, 7) is 2.66. The van der Waals surface area contributed by atoms with Crippen molar-refractivity contribution < 1.29 is 14.3 Å². The summed E-state index contributed by atoms with van der Waals surface area (Å²) in [4.78, 5) is 29.0. The molecule has 0 unspecified atom stereocenters.